The molecule has 2 bridgehead atoms. The molecule has 43 heavy (non-hydrogen) atoms. The first-order chi connectivity index (χ1) is 20.5. The number of carbonyl (C=O) groups excluding carboxylic acids is 2. The molecule has 1 aliphatic carbocycles. The van der Waals surface area contributed by atoms with Crippen LogP contribution in [0, 0.1) is 10.8 Å². The van der Waals surface area contributed by atoms with Gasteiger partial charge in [0.2, 0.25) is 11.8 Å². The van der Waals surface area contributed by atoms with Crippen LogP contribution in [0.1, 0.15) is 100 Å². The molecular formula is C34H47N3O6. The molecule has 5 atom stereocenters. The van der Waals surface area contributed by atoms with Gasteiger partial charge in [0.15, 0.2) is 6.29 Å². The zero-order chi connectivity index (χ0) is 30.6. The molecule has 2 saturated heterocycles. The van der Waals surface area contributed by atoms with E-state index in [1.54, 1.807) is 5.48 Å². The Morgan fingerprint density at radius 1 is 0.930 bits per heavy atom. The number of hydrogen-bond acceptors (Lipinski definition) is 7. The molecule has 2 aliphatic heterocycles. The third-order valence-corrected chi connectivity index (χ3v) is 9.25. The van der Waals surface area contributed by atoms with Gasteiger partial charge in [0.05, 0.1) is 18.8 Å². The van der Waals surface area contributed by atoms with E-state index in [2.05, 4.69) is 31.0 Å². The lowest BCUT2D eigenvalue weighted by Gasteiger charge is -2.41. The summed E-state index contributed by atoms with van der Waals surface area (Å²) in [6.07, 6.45) is 4.55. The summed E-state index contributed by atoms with van der Waals surface area (Å²) in [4.78, 5) is 25.9. The average molecular weight is 594 g/mol. The number of benzene rings is 2. The number of hydrogen-bond donors (Lipinski definition) is 4. The van der Waals surface area contributed by atoms with Crippen LogP contribution in [0.3, 0.4) is 0 Å². The van der Waals surface area contributed by atoms with Crippen molar-refractivity contribution in [3.63, 3.8) is 0 Å². The molecule has 2 aromatic carbocycles. The summed E-state index contributed by atoms with van der Waals surface area (Å²) in [5.74, 6) is -0.640. The highest BCUT2D eigenvalue weighted by molar-refractivity contribution is 5.78. The van der Waals surface area contributed by atoms with E-state index >= 15 is 0 Å². The summed E-state index contributed by atoms with van der Waals surface area (Å²) in [5, 5.41) is 21.0. The summed E-state index contributed by atoms with van der Waals surface area (Å²) in [7, 11) is 0. The molecule has 234 valence electrons. The molecular weight excluding hydrogens is 546 g/mol. The number of hydroxylamine groups is 1. The Morgan fingerprint density at radius 3 is 2.30 bits per heavy atom. The average Bonchev–Trinajstić information content (AvgIpc) is 3.22. The van der Waals surface area contributed by atoms with E-state index < -0.39 is 12.2 Å². The Morgan fingerprint density at radius 2 is 1.60 bits per heavy atom. The van der Waals surface area contributed by atoms with E-state index in [9.17, 15) is 14.7 Å². The number of amides is 2. The summed E-state index contributed by atoms with van der Waals surface area (Å²) in [6, 6.07) is 16.5. The largest absolute Gasteiger partial charge is 0.392 e. The van der Waals surface area contributed by atoms with Gasteiger partial charge in [-0.2, -0.15) is 0 Å². The third kappa shape index (κ3) is 8.22. The van der Waals surface area contributed by atoms with Crippen molar-refractivity contribution in [3.05, 3.63) is 70.8 Å². The molecule has 5 rings (SSSR count). The van der Waals surface area contributed by atoms with Gasteiger partial charge in [-0.15, -0.1) is 0 Å². The van der Waals surface area contributed by atoms with E-state index in [0.29, 0.717) is 29.8 Å². The minimum Gasteiger partial charge on any atom is -0.392 e. The molecule has 0 radical (unpaired) electrons. The first kappa shape index (κ1) is 31.6. The van der Waals surface area contributed by atoms with E-state index in [1.807, 2.05) is 48.5 Å². The molecule has 3 fully saturated rings. The molecule has 1 saturated carbocycles. The first-order valence-electron chi connectivity index (χ1n) is 15.6. The van der Waals surface area contributed by atoms with Gasteiger partial charge >= 0.3 is 0 Å². The highest BCUT2D eigenvalue weighted by Gasteiger charge is 2.50. The number of nitrogens with one attached hydrogen (secondary N) is 2. The summed E-state index contributed by atoms with van der Waals surface area (Å²) < 4.78 is 13.2. The molecule has 0 spiro atoms. The highest BCUT2D eigenvalue weighted by atomic mass is 16.7. The molecule has 9 heteroatoms. The van der Waals surface area contributed by atoms with Crippen LogP contribution in [0.4, 0.5) is 0 Å². The smallest absolute Gasteiger partial charge is 0.243 e. The Bertz CT molecular complexity index is 1250. The van der Waals surface area contributed by atoms with Crippen molar-refractivity contribution in [1.29, 1.82) is 0 Å². The number of ether oxygens (including phenoxy) is 2. The third-order valence-electron chi connectivity index (χ3n) is 9.25. The zero-order valence-electron chi connectivity index (χ0n) is 25.7. The van der Waals surface area contributed by atoms with Gasteiger partial charge in [0.1, 0.15) is 0 Å². The Kier molecular flexibility index (Phi) is 9.88. The highest BCUT2D eigenvalue weighted by Crippen LogP contribution is 2.53. The lowest BCUT2D eigenvalue weighted by atomic mass is 9.65. The second kappa shape index (κ2) is 13.4. The predicted molar refractivity (Wildman–Crippen MR) is 162 cm³/mol. The zero-order valence-corrected chi connectivity index (χ0v) is 25.7. The van der Waals surface area contributed by atoms with Crippen LogP contribution in [0.25, 0.3) is 0 Å². The Hall–Kier alpha value is -2.82. The maximum atomic E-state index is 12.2. The molecule has 3 aliphatic rings. The molecule has 0 aromatic heterocycles. The van der Waals surface area contributed by atoms with Gasteiger partial charge in [-0.25, -0.2) is 5.48 Å². The van der Waals surface area contributed by atoms with Crippen molar-refractivity contribution >= 4 is 11.8 Å². The Balaban J connectivity index is 1.25. The van der Waals surface area contributed by atoms with Gasteiger partial charge < -0.3 is 19.9 Å². The van der Waals surface area contributed by atoms with Crippen LogP contribution in [0.2, 0.25) is 0 Å². The summed E-state index contributed by atoms with van der Waals surface area (Å²) in [5.41, 5.74) is 6.14. The summed E-state index contributed by atoms with van der Waals surface area (Å²) in [6.45, 7) is 9.64. The Labute approximate surface area is 254 Å². The number of carbonyl (C=O) groups is 2. The van der Waals surface area contributed by atoms with Crippen LogP contribution in [0.5, 0.6) is 0 Å². The van der Waals surface area contributed by atoms with Gasteiger partial charge in [-0.3, -0.25) is 19.7 Å². The van der Waals surface area contributed by atoms with Crippen molar-refractivity contribution in [1.82, 2.24) is 15.7 Å². The van der Waals surface area contributed by atoms with Crippen LogP contribution in [-0.4, -0.2) is 52.3 Å². The van der Waals surface area contributed by atoms with Gasteiger partial charge in [-0.05, 0) is 53.2 Å². The minimum absolute atomic E-state index is 0.0132. The van der Waals surface area contributed by atoms with E-state index in [4.69, 9.17) is 14.7 Å². The van der Waals surface area contributed by atoms with Gasteiger partial charge in [-0.1, -0.05) is 69.3 Å². The number of likely N-dealkylation sites (tertiary alicyclic amines) is 1. The monoisotopic (exact) mass is 593 g/mol. The van der Waals surface area contributed by atoms with Crippen LogP contribution >= 0.6 is 0 Å². The van der Waals surface area contributed by atoms with Crippen molar-refractivity contribution < 1.29 is 29.4 Å². The maximum absolute atomic E-state index is 12.2. The fraction of sp³-hybridized carbons (Fsp3) is 0.588. The molecule has 2 aromatic rings. The van der Waals surface area contributed by atoms with E-state index in [1.165, 1.54) is 19.3 Å². The SMILES string of the molecule is CC1(C)CC2CC(C)(CN2C[C@@H]2C[C@H](c3ccc(CO)cc3)O[C@H](c3ccc(CNC(=O)CCCC(=O)NO)cc3)O2)C1. The van der Waals surface area contributed by atoms with Crippen molar-refractivity contribution in [2.75, 3.05) is 13.1 Å². The molecule has 9 nitrogen and oxygen atoms in total. The van der Waals surface area contributed by atoms with E-state index in [0.717, 1.165) is 41.8 Å². The lowest BCUT2D eigenvalue weighted by Crippen LogP contribution is -2.42. The number of rotatable bonds is 11. The first-order valence-corrected chi connectivity index (χ1v) is 15.6. The molecule has 2 heterocycles. The van der Waals surface area contributed by atoms with Crippen molar-refractivity contribution in [2.24, 2.45) is 10.8 Å². The van der Waals surface area contributed by atoms with Gasteiger partial charge in [0, 0.05) is 50.5 Å². The van der Waals surface area contributed by atoms with Crippen molar-refractivity contribution in [3.8, 4) is 0 Å². The molecule has 2 unspecified atom stereocenters. The number of aliphatic hydroxyl groups is 1. The lowest BCUT2D eigenvalue weighted by molar-refractivity contribution is -0.253. The van der Waals surface area contributed by atoms with Crippen LogP contribution in [-0.2, 0) is 32.2 Å². The number of fused-ring (bicyclic) bond motifs is 2. The number of aliphatic hydroxyl groups excluding tert-OH is 1. The normalized spacial score (nSPS) is 28.4. The van der Waals surface area contributed by atoms with E-state index in [-0.39, 0.29) is 37.6 Å². The quantitative estimate of drug-likeness (QED) is 0.216. The fourth-order valence-corrected chi connectivity index (χ4v) is 7.63. The van der Waals surface area contributed by atoms with Crippen LogP contribution < -0.4 is 10.8 Å². The fourth-order valence-electron chi connectivity index (χ4n) is 7.63. The molecule has 2 amide bonds. The van der Waals surface area contributed by atoms with Crippen molar-refractivity contribution in [2.45, 2.75) is 103 Å². The van der Waals surface area contributed by atoms with Gasteiger partial charge in [0.25, 0.3) is 0 Å². The topological polar surface area (TPSA) is 120 Å². The second-order valence-corrected chi connectivity index (χ2v) is 13.9. The predicted octanol–water partition coefficient (Wildman–Crippen LogP) is 4.92. The summed E-state index contributed by atoms with van der Waals surface area (Å²) >= 11 is 0. The van der Waals surface area contributed by atoms with Crippen LogP contribution in [0.15, 0.2) is 48.5 Å². The standard InChI is InChI=1S/C34H47N3O6/c1-33(2)16-27-17-34(3,21-33)22-37(27)19-28-15-29(25-11-9-24(20-38)10-12-25)43-32(42-28)26-13-7-23(8-14-26)18-35-30(39)5-4-6-31(40)36-41/h7-14,27-29,32,38,41H,4-6,15-22H2,1-3H3,(H,35,39)(H,36,40)/t27?,28-,29+,32+,34?/m0/s1. The minimum atomic E-state index is -0.517. The number of nitrogens with zero attached hydrogens (tertiary/aromatic N) is 1. The maximum Gasteiger partial charge on any atom is 0.243 e. The second-order valence-electron chi connectivity index (χ2n) is 13.9. The molecule has 4 N–H and O–H groups in total.